The third-order valence-electron chi connectivity index (χ3n) is 3.75. The van der Waals surface area contributed by atoms with Crippen LogP contribution < -0.4 is 15.8 Å². The van der Waals surface area contributed by atoms with Crippen molar-refractivity contribution in [2.75, 3.05) is 11.5 Å². The zero-order valence-electron chi connectivity index (χ0n) is 15.0. The minimum Gasteiger partial charge on any atom is -0.384 e. The summed E-state index contributed by atoms with van der Waals surface area (Å²) in [7, 11) is -3.57. The summed E-state index contributed by atoms with van der Waals surface area (Å²) in [4.78, 5) is 16.6. The Kier molecular flexibility index (Phi) is 7.58. The van der Waals surface area contributed by atoms with Crippen LogP contribution in [0.15, 0.2) is 42.6 Å². The van der Waals surface area contributed by atoms with E-state index in [2.05, 4.69) is 15.0 Å². The van der Waals surface area contributed by atoms with Crippen LogP contribution in [-0.2, 0) is 27.8 Å². The number of halogens is 1. The summed E-state index contributed by atoms with van der Waals surface area (Å²) in [5, 5.41) is 3.26. The predicted molar refractivity (Wildman–Crippen MR) is 107 cm³/mol. The number of hydrogen-bond acceptors (Lipinski definition) is 5. The van der Waals surface area contributed by atoms with Gasteiger partial charge in [-0.3, -0.25) is 4.79 Å². The quantitative estimate of drug-likeness (QED) is 0.583. The second kappa shape index (κ2) is 9.68. The average Bonchev–Trinajstić information content (AvgIpc) is 2.60. The van der Waals surface area contributed by atoms with Gasteiger partial charge in [-0.2, -0.15) is 0 Å². The van der Waals surface area contributed by atoms with Crippen molar-refractivity contribution in [3.63, 3.8) is 0 Å². The molecule has 1 aromatic carbocycles. The zero-order chi connectivity index (χ0) is 19.9. The van der Waals surface area contributed by atoms with E-state index in [1.54, 1.807) is 49.5 Å². The summed E-state index contributed by atoms with van der Waals surface area (Å²) in [6, 6.07) is 9.42. The van der Waals surface area contributed by atoms with Crippen molar-refractivity contribution in [3.8, 4) is 0 Å². The van der Waals surface area contributed by atoms with Crippen molar-refractivity contribution < 1.29 is 13.2 Å². The Hall–Kier alpha value is -2.16. The number of carbonyl (C=O) groups excluding carboxylic acids is 1. The van der Waals surface area contributed by atoms with Gasteiger partial charge in [0.25, 0.3) is 0 Å². The van der Waals surface area contributed by atoms with Gasteiger partial charge in [0.2, 0.25) is 15.9 Å². The molecule has 0 radical (unpaired) electrons. The molecule has 0 aliphatic rings. The van der Waals surface area contributed by atoms with Crippen LogP contribution in [0.25, 0.3) is 0 Å². The highest BCUT2D eigenvalue weighted by molar-refractivity contribution is 7.89. The SMILES string of the molecule is CCCS(=O)(=O)N[C@@H](Cc1cccc(Cl)c1)C(=O)NCc1ccc(N)nc1. The Bertz CT molecular complexity index is 872. The predicted octanol–water partition coefficient (Wildman–Crippen LogP) is 1.87. The maximum Gasteiger partial charge on any atom is 0.238 e. The van der Waals surface area contributed by atoms with E-state index >= 15 is 0 Å². The molecular formula is C18H23ClN4O3S. The lowest BCUT2D eigenvalue weighted by Crippen LogP contribution is -2.48. The molecule has 0 unspecified atom stereocenters. The molecule has 1 amide bonds. The van der Waals surface area contributed by atoms with Gasteiger partial charge in [0, 0.05) is 17.8 Å². The first-order valence-electron chi connectivity index (χ1n) is 8.51. The highest BCUT2D eigenvalue weighted by atomic mass is 35.5. The molecule has 2 aromatic rings. The van der Waals surface area contributed by atoms with E-state index in [9.17, 15) is 13.2 Å². The topological polar surface area (TPSA) is 114 Å². The largest absolute Gasteiger partial charge is 0.384 e. The molecular weight excluding hydrogens is 388 g/mol. The van der Waals surface area contributed by atoms with Gasteiger partial charge in [-0.15, -0.1) is 0 Å². The summed E-state index contributed by atoms with van der Waals surface area (Å²) < 4.78 is 26.8. The summed E-state index contributed by atoms with van der Waals surface area (Å²) in [5.74, 6) is -0.0866. The average molecular weight is 411 g/mol. The van der Waals surface area contributed by atoms with Crippen molar-refractivity contribution in [3.05, 3.63) is 58.7 Å². The molecule has 0 bridgehead atoms. The molecule has 0 aliphatic carbocycles. The van der Waals surface area contributed by atoms with Gasteiger partial charge in [-0.1, -0.05) is 36.7 Å². The van der Waals surface area contributed by atoms with Crippen LogP contribution >= 0.6 is 11.6 Å². The van der Waals surface area contributed by atoms with E-state index < -0.39 is 22.0 Å². The van der Waals surface area contributed by atoms with Gasteiger partial charge in [0.1, 0.15) is 11.9 Å². The Balaban J connectivity index is 2.11. The number of carbonyl (C=O) groups is 1. The molecule has 2 rings (SSSR count). The van der Waals surface area contributed by atoms with Gasteiger partial charge in [-0.05, 0) is 42.2 Å². The van der Waals surface area contributed by atoms with Crippen molar-refractivity contribution in [2.45, 2.75) is 32.4 Å². The second-order valence-electron chi connectivity index (χ2n) is 6.13. The van der Waals surface area contributed by atoms with Gasteiger partial charge in [0.05, 0.1) is 5.75 Å². The van der Waals surface area contributed by atoms with Gasteiger partial charge >= 0.3 is 0 Å². The maximum atomic E-state index is 12.6. The number of hydrogen-bond donors (Lipinski definition) is 3. The fourth-order valence-electron chi connectivity index (χ4n) is 2.48. The smallest absolute Gasteiger partial charge is 0.238 e. The lowest BCUT2D eigenvalue weighted by molar-refractivity contribution is -0.122. The third kappa shape index (κ3) is 7.16. The Morgan fingerprint density at radius 1 is 1.26 bits per heavy atom. The Morgan fingerprint density at radius 2 is 2.04 bits per heavy atom. The molecule has 146 valence electrons. The van der Waals surface area contributed by atoms with Crippen LogP contribution in [0.4, 0.5) is 5.82 Å². The minimum atomic E-state index is -3.57. The maximum absolute atomic E-state index is 12.6. The number of anilines is 1. The number of benzene rings is 1. The van der Waals surface area contributed by atoms with Crippen LogP contribution in [-0.4, -0.2) is 31.1 Å². The number of nitrogens with zero attached hydrogens (tertiary/aromatic N) is 1. The molecule has 1 atom stereocenters. The van der Waals surface area contributed by atoms with Crippen molar-refractivity contribution in [2.24, 2.45) is 0 Å². The first kappa shape index (κ1) is 21.1. The van der Waals surface area contributed by atoms with E-state index in [1.807, 2.05) is 0 Å². The molecule has 1 aromatic heterocycles. The summed E-state index contributed by atoms with van der Waals surface area (Å²) in [5.41, 5.74) is 7.06. The zero-order valence-corrected chi connectivity index (χ0v) is 16.6. The Morgan fingerprint density at radius 3 is 2.67 bits per heavy atom. The molecule has 1 heterocycles. The normalized spacial score (nSPS) is 12.5. The van der Waals surface area contributed by atoms with Crippen LogP contribution in [0.2, 0.25) is 5.02 Å². The summed E-state index contributed by atoms with van der Waals surface area (Å²) in [6.45, 7) is 1.98. The van der Waals surface area contributed by atoms with E-state index in [1.165, 1.54) is 0 Å². The van der Waals surface area contributed by atoms with Crippen molar-refractivity contribution in [1.82, 2.24) is 15.0 Å². The van der Waals surface area contributed by atoms with E-state index in [-0.39, 0.29) is 18.7 Å². The van der Waals surface area contributed by atoms with E-state index in [0.717, 1.165) is 11.1 Å². The van der Waals surface area contributed by atoms with Crippen LogP contribution in [0, 0.1) is 0 Å². The number of nitrogen functional groups attached to an aromatic ring is 1. The second-order valence-corrected chi connectivity index (χ2v) is 8.44. The minimum absolute atomic E-state index is 0.0474. The molecule has 27 heavy (non-hydrogen) atoms. The number of amides is 1. The summed E-state index contributed by atoms with van der Waals surface area (Å²) >= 11 is 5.99. The number of nitrogens with one attached hydrogen (secondary N) is 2. The first-order chi connectivity index (χ1) is 12.8. The fraction of sp³-hybridized carbons (Fsp3) is 0.333. The summed E-state index contributed by atoms with van der Waals surface area (Å²) in [6.07, 6.45) is 2.20. The van der Waals surface area contributed by atoms with Gasteiger partial charge in [-0.25, -0.2) is 18.1 Å². The number of rotatable bonds is 9. The Labute approximate surface area is 164 Å². The lowest BCUT2D eigenvalue weighted by Gasteiger charge is -2.19. The monoisotopic (exact) mass is 410 g/mol. The number of pyridine rings is 1. The van der Waals surface area contributed by atoms with E-state index in [4.69, 9.17) is 17.3 Å². The third-order valence-corrected chi connectivity index (χ3v) is 5.58. The molecule has 0 spiro atoms. The fourth-order valence-corrected chi connectivity index (χ4v) is 3.98. The highest BCUT2D eigenvalue weighted by Gasteiger charge is 2.24. The van der Waals surface area contributed by atoms with Crippen LogP contribution in [0.3, 0.4) is 0 Å². The van der Waals surface area contributed by atoms with Gasteiger partial charge < -0.3 is 11.1 Å². The molecule has 0 saturated carbocycles. The van der Waals surface area contributed by atoms with Crippen LogP contribution in [0.1, 0.15) is 24.5 Å². The lowest BCUT2D eigenvalue weighted by atomic mass is 10.1. The van der Waals surface area contributed by atoms with Crippen molar-refractivity contribution in [1.29, 1.82) is 0 Å². The number of nitrogens with two attached hydrogens (primary N) is 1. The highest BCUT2D eigenvalue weighted by Crippen LogP contribution is 2.13. The van der Waals surface area contributed by atoms with Crippen LogP contribution in [0.5, 0.6) is 0 Å². The molecule has 7 nitrogen and oxygen atoms in total. The molecule has 9 heteroatoms. The number of aromatic nitrogens is 1. The molecule has 0 fully saturated rings. The van der Waals surface area contributed by atoms with Gasteiger partial charge in [0.15, 0.2) is 0 Å². The first-order valence-corrected chi connectivity index (χ1v) is 10.5. The molecule has 0 aliphatic heterocycles. The van der Waals surface area contributed by atoms with E-state index in [0.29, 0.717) is 17.3 Å². The van der Waals surface area contributed by atoms with Crippen molar-refractivity contribution >= 4 is 33.3 Å². The standard InChI is InChI=1S/C18H23ClN4O3S/c1-2-8-27(25,26)23-16(10-13-4-3-5-15(19)9-13)18(24)22-12-14-6-7-17(20)21-11-14/h3-7,9,11,16,23H,2,8,10,12H2,1H3,(H2,20,21)(H,22,24)/t16-/m0/s1. The molecule has 0 saturated heterocycles. The number of sulfonamides is 1. The molecule has 4 N–H and O–H groups in total.